The molecule has 0 aliphatic rings. The summed E-state index contributed by atoms with van der Waals surface area (Å²) < 4.78 is 4.59. The molecule has 6 rings (SSSR count). The number of rotatable bonds is 10. The lowest BCUT2D eigenvalue weighted by atomic mass is 9.92. The van der Waals surface area contributed by atoms with Crippen LogP contribution < -0.4 is 0 Å². The fourth-order valence-electron chi connectivity index (χ4n) is 6.85. The Morgan fingerprint density at radius 3 is 1.15 bits per heavy atom. The summed E-state index contributed by atoms with van der Waals surface area (Å²) in [6.07, 6.45) is 8.91. The number of hydrogen-bond donors (Lipinski definition) is 0. The molecule has 0 aliphatic heterocycles. The van der Waals surface area contributed by atoms with Gasteiger partial charge in [0.05, 0.1) is 11.4 Å². The Labute approximate surface area is 281 Å². The highest BCUT2D eigenvalue weighted by molar-refractivity contribution is 5.65. The lowest BCUT2D eigenvalue weighted by molar-refractivity contribution is 0.806. The predicted molar refractivity (Wildman–Crippen MR) is 197 cm³/mol. The lowest BCUT2D eigenvalue weighted by Gasteiger charge is -2.22. The average Bonchev–Trinajstić information content (AvgIpc) is 3.75. The molecule has 0 saturated carbocycles. The maximum Gasteiger partial charge on any atom is 0.144 e. The van der Waals surface area contributed by atoms with Crippen molar-refractivity contribution in [2.45, 2.75) is 85.5 Å². The van der Waals surface area contributed by atoms with Gasteiger partial charge in [-0.05, 0) is 75.6 Å². The molecule has 0 unspecified atom stereocenters. The molecule has 2 aromatic heterocycles. The molecule has 4 heteroatoms. The highest BCUT2D eigenvalue weighted by Gasteiger charge is 2.20. The number of hydrogen-bond acceptors (Lipinski definition) is 2. The van der Waals surface area contributed by atoms with E-state index in [1.165, 1.54) is 44.8 Å². The van der Waals surface area contributed by atoms with Gasteiger partial charge in [-0.3, -0.25) is 9.13 Å². The summed E-state index contributed by atoms with van der Waals surface area (Å²) >= 11 is 0. The Morgan fingerprint density at radius 2 is 0.809 bits per heavy atom. The van der Waals surface area contributed by atoms with E-state index < -0.39 is 0 Å². The smallest absolute Gasteiger partial charge is 0.144 e. The van der Waals surface area contributed by atoms with Gasteiger partial charge in [0.2, 0.25) is 0 Å². The van der Waals surface area contributed by atoms with Crippen LogP contribution in [0, 0.1) is 0 Å². The standard InChI is InChI=1S/C43H48N4/c1-28(2)36-17-11-18-37(29(3)4)40(36)46-23-21-44-42(46)34-15-9-13-32(26-34)25-33-14-10-16-35(27-33)43-45-22-24-47(43)41-38(30(5)6)19-12-20-39(41)31(7)8/h9-24,26-31H,25H2,1-8H3. The Kier molecular flexibility index (Phi) is 9.31. The number of aromatic nitrogens is 4. The van der Waals surface area contributed by atoms with Crippen molar-refractivity contribution in [3.05, 3.63) is 143 Å². The van der Waals surface area contributed by atoms with Crippen molar-refractivity contribution in [1.29, 1.82) is 0 Å². The Morgan fingerprint density at radius 1 is 0.468 bits per heavy atom. The number of nitrogens with zero attached hydrogens (tertiary/aromatic N) is 4. The van der Waals surface area contributed by atoms with Crippen LogP contribution >= 0.6 is 0 Å². The van der Waals surface area contributed by atoms with Crippen LogP contribution in [0.15, 0.2) is 110 Å². The van der Waals surface area contributed by atoms with Gasteiger partial charge in [-0.2, -0.15) is 0 Å². The van der Waals surface area contributed by atoms with E-state index in [1.807, 2.05) is 12.4 Å². The van der Waals surface area contributed by atoms with Crippen molar-refractivity contribution in [2.75, 3.05) is 0 Å². The van der Waals surface area contributed by atoms with Crippen LogP contribution in [0.25, 0.3) is 34.2 Å². The minimum absolute atomic E-state index is 0.406. The van der Waals surface area contributed by atoms with E-state index in [9.17, 15) is 0 Å². The Balaban J connectivity index is 1.35. The quantitative estimate of drug-likeness (QED) is 0.153. The summed E-state index contributed by atoms with van der Waals surface area (Å²) in [5, 5.41) is 0. The second kappa shape index (κ2) is 13.6. The summed E-state index contributed by atoms with van der Waals surface area (Å²) in [6.45, 7) is 18.2. The zero-order valence-corrected chi connectivity index (χ0v) is 29.2. The first-order valence-electron chi connectivity index (χ1n) is 17.2. The van der Waals surface area contributed by atoms with E-state index in [2.05, 4.69) is 162 Å². The number of benzene rings is 4. The van der Waals surface area contributed by atoms with Gasteiger partial charge in [0, 0.05) is 35.9 Å². The van der Waals surface area contributed by atoms with Gasteiger partial charge in [0.15, 0.2) is 0 Å². The molecule has 2 heterocycles. The molecule has 0 N–H and O–H groups in total. The summed E-state index contributed by atoms with van der Waals surface area (Å²) in [7, 11) is 0. The molecule has 0 amide bonds. The highest BCUT2D eigenvalue weighted by Crippen LogP contribution is 2.36. The molecule has 4 aromatic carbocycles. The topological polar surface area (TPSA) is 35.6 Å². The highest BCUT2D eigenvalue weighted by atomic mass is 15.1. The van der Waals surface area contributed by atoms with Crippen molar-refractivity contribution < 1.29 is 0 Å². The van der Waals surface area contributed by atoms with Gasteiger partial charge < -0.3 is 0 Å². The molecule has 0 saturated heterocycles. The minimum Gasteiger partial charge on any atom is -0.299 e. The van der Waals surface area contributed by atoms with Gasteiger partial charge in [0.1, 0.15) is 11.6 Å². The predicted octanol–water partition coefficient (Wildman–Crippen LogP) is 11.5. The molecule has 6 aromatic rings. The Bertz CT molecular complexity index is 1790. The molecule has 240 valence electrons. The molecule has 0 radical (unpaired) electrons. The largest absolute Gasteiger partial charge is 0.299 e. The van der Waals surface area contributed by atoms with Crippen molar-refractivity contribution in [2.24, 2.45) is 0 Å². The SMILES string of the molecule is CC(C)c1cccc(C(C)C)c1-n1ccnc1-c1cccc(Cc2cccc(-c3nccn3-c3c(C(C)C)cccc3C(C)C)c2)c1. The second-order valence-electron chi connectivity index (χ2n) is 14.0. The van der Waals surface area contributed by atoms with Crippen molar-refractivity contribution >= 4 is 0 Å². The number of imidazole rings is 2. The molecule has 4 nitrogen and oxygen atoms in total. The van der Waals surface area contributed by atoms with Crippen molar-refractivity contribution in [1.82, 2.24) is 19.1 Å². The minimum atomic E-state index is 0.406. The normalized spacial score (nSPS) is 11.8. The van der Waals surface area contributed by atoms with Crippen LogP contribution in [0.3, 0.4) is 0 Å². The van der Waals surface area contributed by atoms with Gasteiger partial charge in [-0.15, -0.1) is 0 Å². The fourth-order valence-corrected chi connectivity index (χ4v) is 6.85. The first-order valence-corrected chi connectivity index (χ1v) is 17.2. The van der Waals surface area contributed by atoms with E-state index in [0.717, 1.165) is 29.2 Å². The van der Waals surface area contributed by atoms with E-state index >= 15 is 0 Å². The molecular formula is C43H48N4. The van der Waals surface area contributed by atoms with Gasteiger partial charge in [0.25, 0.3) is 0 Å². The third-order valence-electron chi connectivity index (χ3n) is 9.23. The summed E-state index contributed by atoms with van der Waals surface area (Å²) in [5.41, 5.74) is 12.7. The third kappa shape index (κ3) is 6.47. The van der Waals surface area contributed by atoms with Gasteiger partial charge >= 0.3 is 0 Å². The van der Waals surface area contributed by atoms with E-state index in [0.29, 0.717) is 23.7 Å². The first-order chi connectivity index (χ1) is 22.6. The first kappa shape index (κ1) is 32.2. The lowest BCUT2D eigenvalue weighted by Crippen LogP contribution is -2.08. The van der Waals surface area contributed by atoms with Crippen LogP contribution in [0.1, 0.15) is 112 Å². The molecule has 0 spiro atoms. The maximum absolute atomic E-state index is 4.89. The van der Waals surface area contributed by atoms with E-state index in [1.54, 1.807) is 0 Å². The zero-order chi connectivity index (χ0) is 33.2. The van der Waals surface area contributed by atoms with Crippen LogP contribution in [0.2, 0.25) is 0 Å². The summed E-state index contributed by atoms with van der Waals surface area (Å²) in [6, 6.07) is 31.1. The van der Waals surface area contributed by atoms with Gasteiger partial charge in [-0.1, -0.05) is 128 Å². The summed E-state index contributed by atoms with van der Waals surface area (Å²) in [5.74, 6) is 3.57. The molecule has 47 heavy (non-hydrogen) atoms. The van der Waals surface area contributed by atoms with Crippen molar-refractivity contribution in [3.8, 4) is 34.2 Å². The average molecular weight is 621 g/mol. The van der Waals surface area contributed by atoms with E-state index in [-0.39, 0.29) is 0 Å². The zero-order valence-electron chi connectivity index (χ0n) is 29.2. The molecular weight excluding hydrogens is 573 g/mol. The Hall–Kier alpha value is -4.70. The van der Waals surface area contributed by atoms with Crippen LogP contribution in [0.4, 0.5) is 0 Å². The van der Waals surface area contributed by atoms with E-state index in [4.69, 9.17) is 9.97 Å². The molecule has 0 bridgehead atoms. The van der Waals surface area contributed by atoms with Crippen LogP contribution in [0.5, 0.6) is 0 Å². The molecule has 0 aliphatic carbocycles. The molecule has 0 atom stereocenters. The van der Waals surface area contributed by atoms with Crippen LogP contribution in [-0.2, 0) is 6.42 Å². The number of para-hydroxylation sites is 2. The fraction of sp³-hybridized carbons (Fsp3) is 0.302. The molecule has 0 fully saturated rings. The maximum atomic E-state index is 4.89. The van der Waals surface area contributed by atoms with Gasteiger partial charge in [-0.25, -0.2) is 9.97 Å². The van der Waals surface area contributed by atoms with Crippen LogP contribution in [-0.4, -0.2) is 19.1 Å². The third-order valence-corrected chi connectivity index (χ3v) is 9.23. The summed E-state index contributed by atoms with van der Waals surface area (Å²) in [4.78, 5) is 9.78. The second-order valence-corrected chi connectivity index (χ2v) is 14.0. The monoisotopic (exact) mass is 620 g/mol. The van der Waals surface area contributed by atoms with Crippen molar-refractivity contribution in [3.63, 3.8) is 0 Å².